The normalized spacial score (nSPS) is 14.0. The highest BCUT2D eigenvalue weighted by atomic mass is 79.9. The summed E-state index contributed by atoms with van der Waals surface area (Å²) in [6, 6.07) is 3.53. The van der Waals surface area contributed by atoms with Crippen molar-refractivity contribution in [1.82, 2.24) is 15.2 Å². The molecule has 1 heterocycles. The third-order valence-electron chi connectivity index (χ3n) is 3.16. The molecule has 0 aliphatic heterocycles. The Labute approximate surface area is 137 Å². The van der Waals surface area contributed by atoms with Crippen molar-refractivity contribution in [3.8, 4) is 5.75 Å². The molecule has 21 heavy (non-hydrogen) atoms. The van der Waals surface area contributed by atoms with Gasteiger partial charge in [-0.25, -0.2) is 4.98 Å². The van der Waals surface area contributed by atoms with E-state index in [0.717, 1.165) is 27.6 Å². The molecule has 1 aliphatic carbocycles. The Bertz CT molecular complexity index is 697. The molecule has 1 aromatic heterocycles. The van der Waals surface area contributed by atoms with E-state index in [1.165, 1.54) is 0 Å². The maximum atomic E-state index is 12.2. The number of aromatic amines is 1. The van der Waals surface area contributed by atoms with Crippen LogP contribution in [0.4, 0.5) is 5.69 Å². The molecule has 0 radical (unpaired) electrons. The van der Waals surface area contributed by atoms with Gasteiger partial charge in [-0.05, 0) is 50.8 Å². The molecular weight excluding hydrogens is 404 g/mol. The van der Waals surface area contributed by atoms with Crippen LogP contribution in [0.2, 0.25) is 0 Å². The first-order valence-electron chi connectivity index (χ1n) is 6.35. The van der Waals surface area contributed by atoms with E-state index < -0.39 is 0 Å². The van der Waals surface area contributed by atoms with Crippen LogP contribution in [0, 0.1) is 0 Å². The number of carbonyl (C=O) groups excluding carboxylic acids is 1. The van der Waals surface area contributed by atoms with Crippen LogP contribution in [0.3, 0.4) is 0 Å². The van der Waals surface area contributed by atoms with E-state index in [0.29, 0.717) is 17.4 Å². The maximum absolute atomic E-state index is 12.2. The molecule has 1 saturated carbocycles. The summed E-state index contributed by atoms with van der Waals surface area (Å²) in [5.74, 6) is 1.63. The highest BCUT2D eigenvalue weighted by Crippen LogP contribution is 2.38. The summed E-state index contributed by atoms with van der Waals surface area (Å²) >= 11 is 6.78. The zero-order chi connectivity index (χ0) is 15.0. The Morgan fingerprint density at radius 2 is 2.14 bits per heavy atom. The van der Waals surface area contributed by atoms with Gasteiger partial charge in [0.2, 0.25) is 5.82 Å². The van der Waals surface area contributed by atoms with Crippen LogP contribution in [0.1, 0.15) is 35.2 Å². The molecule has 0 spiro atoms. The van der Waals surface area contributed by atoms with Crippen molar-refractivity contribution < 1.29 is 9.53 Å². The van der Waals surface area contributed by atoms with E-state index in [4.69, 9.17) is 4.74 Å². The van der Waals surface area contributed by atoms with Gasteiger partial charge in [0.1, 0.15) is 11.6 Å². The number of H-pyrrole nitrogens is 1. The third-order valence-corrected chi connectivity index (χ3v) is 4.44. The van der Waals surface area contributed by atoms with Gasteiger partial charge in [-0.3, -0.25) is 9.89 Å². The predicted octanol–water partition coefficient (Wildman–Crippen LogP) is 3.47. The maximum Gasteiger partial charge on any atom is 0.295 e. The molecule has 1 fully saturated rings. The number of nitrogens with one attached hydrogen (secondary N) is 2. The molecule has 1 aliphatic rings. The lowest BCUT2D eigenvalue weighted by Gasteiger charge is -2.09. The lowest BCUT2D eigenvalue weighted by Crippen LogP contribution is -2.14. The zero-order valence-electron chi connectivity index (χ0n) is 11.1. The molecule has 2 aromatic rings. The highest BCUT2D eigenvalue weighted by molar-refractivity contribution is 9.11. The Morgan fingerprint density at radius 1 is 1.38 bits per heavy atom. The van der Waals surface area contributed by atoms with Crippen LogP contribution in [0.25, 0.3) is 0 Å². The minimum atomic E-state index is -0.358. The first-order chi connectivity index (χ1) is 10.1. The van der Waals surface area contributed by atoms with E-state index in [1.54, 1.807) is 13.2 Å². The van der Waals surface area contributed by atoms with Crippen molar-refractivity contribution in [2.45, 2.75) is 18.8 Å². The smallest absolute Gasteiger partial charge is 0.295 e. The van der Waals surface area contributed by atoms with Crippen molar-refractivity contribution >= 4 is 43.5 Å². The number of nitrogens with zero attached hydrogens (tertiary/aromatic N) is 2. The minimum Gasteiger partial charge on any atom is -0.495 e. The summed E-state index contributed by atoms with van der Waals surface area (Å²) < 4.78 is 6.75. The van der Waals surface area contributed by atoms with Gasteiger partial charge in [0.15, 0.2) is 0 Å². The van der Waals surface area contributed by atoms with Crippen LogP contribution in [0.5, 0.6) is 5.75 Å². The van der Waals surface area contributed by atoms with Crippen LogP contribution in [-0.4, -0.2) is 28.2 Å². The van der Waals surface area contributed by atoms with Crippen molar-refractivity contribution in [2.75, 3.05) is 12.4 Å². The number of carbonyl (C=O) groups is 1. The molecule has 0 bridgehead atoms. The fraction of sp³-hybridized carbons (Fsp3) is 0.308. The number of ether oxygens (including phenoxy) is 1. The second-order valence-electron chi connectivity index (χ2n) is 4.74. The number of amides is 1. The van der Waals surface area contributed by atoms with Gasteiger partial charge < -0.3 is 10.1 Å². The Morgan fingerprint density at radius 3 is 2.81 bits per heavy atom. The number of anilines is 1. The summed E-state index contributed by atoms with van der Waals surface area (Å²) in [6.45, 7) is 0. The van der Waals surface area contributed by atoms with E-state index >= 15 is 0 Å². The highest BCUT2D eigenvalue weighted by Gasteiger charge is 2.28. The molecule has 3 rings (SSSR count). The van der Waals surface area contributed by atoms with Gasteiger partial charge in [0, 0.05) is 16.5 Å². The predicted molar refractivity (Wildman–Crippen MR) is 84.7 cm³/mol. The summed E-state index contributed by atoms with van der Waals surface area (Å²) in [5, 5.41) is 9.54. The average molecular weight is 416 g/mol. The zero-order valence-corrected chi connectivity index (χ0v) is 14.3. The lowest BCUT2D eigenvalue weighted by molar-refractivity contribution is 0.101. The summed E-state index contributed by atoms with van der Waals surface area (Å²) in [4.78, 5) is 16.4. The van der Waals surface area contributed by atoms with Crippen LogP contribution >= 0.6 is 31.9 Å². The van der Waals surface area contributed by atoms with Crippen molar-refractivity contribution in [3.63, 3.8) is 0 Å². The number of benzene rings is 1. The molecule has 8 heteroatoms. The van der Waals surface area contributed by atoms with Crippen LogP contribution in [-0.2, 0) is 0 Å². The lowest BCUT2D eigenvalue weighted by atomic mass is 10.3. The largest absolute Gasteiger partial charge is 0.495 e. The molecule has 6 nitrogen and oxygen atoms in total. The SMILES string of the molecule is COc1cc(NC(=O)c2n[nH]c(C3CC3)n2)c(Br)cc1Br. The van der Waals surface area contributed by atoms with E-state index in [9.17, 15) is 4.79 Å². The van der Waals surface area contributed by atoms with Crippen molar-refractivity contribution in [2.24, 2.45) is 0 Å². The number of aromatic nitrogens is 3. The Balaban J connectivity index is 1.80. The second-order valence-corrected chi connectivity index (χ2v) is 6.45. The molecule has 1 amide bonds. The van der Waals surface area contributed by atoms with Crippen molar-refractivity contribution in [3.05, 3.63) is 32.7 Å². The van der Waals surface area contributed by atoms with Crippen molar-refractivity contribution in [1.29, 1.82) is 0 Å². The van der Waals surface area contributed by atoms with Gasteiger partial charge in [0.25, 0.3) is 5.91 Å². The molecule has 110 valence electrons. The summed E-state index contributed by atoms with van der Waals surface area (Å²) in [7, 11) is 1.57. The minimum absolute atomic E-state index is 0.144. The number of rotatable bonds is 4. The number of halogens is 2. The van der Waals surface area contributed by atoms with Gasteiger partial charge in [0.05, 0.1) is 17.3 Å². The van der Waals surface area contributed by atoms with E-state index in [-0.39, 0.29) is 11.7 Å². The number of hydrogen-bond donors (Lipinski definition) is 2. The fourth-order valence-electron chi connectivity index (χ4n) is 1.87. The topological polar surface area (TPSA) is 79.9 Å². The molecular formula is C13H12Br2N4O2. The van der Waals surface area contributed by atoms with Gasteiger partial charge >= 0.3 is 0 Å². The van der Waals surface area contributed by atoms with Crippen LogP contribution in [0.15, 0.2) is 21.1 Å². The molecule has 0 unspecified atom stereocenters. The van der Waals surface area contributed by atoms with E-state index in [2.05, 4.69) is 52.4 Å². The van der Waals surface area contributed by atoms with E-state index in [1.807, 2.05) is 6.07 Å². The van der Waals surface area contributed by atoms with Gasteiger partial charge in [-0.15, -0.1) is 5.10 Å². The monoisotopic (exact) mass is 414 g/mol. The molecule has 2 N–H and O–H groups in total. The summed E-state index contributed by atoms with van der Waals surface area (Å²) in [6.07, 6.45) is 2.21. The number of methoxy groups -OCH3 is 1. The van der Waals surface area contributed by atoms with Crippen LogP contribution < -0.4 is 10.1 Å². The molecule has 0 atom stereocenters. The molecule has 0 saturated heterocycles. The van der Waals surface area contributed by atoms with Gasteiger partial charge in [-0.1, -0.05) is 0 Å². The fourth-order valence-corrected chi connectivity index (χ4v) is 3.13. The quantitative estimate of drug-likeness (QED) is 0.801. The third kappa shape index (κ3) is 3.11. The Kier molecular flexibility index (Phi) is 3.99. The standard InChI is InChI=1S/C13H12Br2N4O2/c1-21-10-5-9(7(14)4-8(10)15)16-13(20)12-17-11(18-19-12)6-2-3-6/h4-6H,2-3H2,1H3,(H,16,20)(H,17,18,19). The first kappa shape index (κ1) is 14.5. The summed E-state index contributed by atoms with van der Waals surface area (Å²) in [5.41, 5.74) is 0.595. The average Bonchev–Trinajstić information content (AvgIpc) is 3.19. The first-order valence-corrected chi connectivity index (χ1v) is 7.93. The second kappa shape index (κ2) is 5.76. The molecule has 1 aromatic carbocycles. The van der Waals surface area contributed by atoms with Gasteiger partial charge in [-0.2, -0.15) is 0 Å². The number of hydrogen-bond acceptors (Lipinski definition) is 4. The Hall–Kier alpha value is -1.41.